The van der Waals surface area contributed by atoms with Gasteiger partial charge in [-0.25, -0.2) is 4.98 Å². The van der Waals surface area contributed by atoms with E-state index >= 15 is 0 Å². The Hall–Kier alpha value is -2.73. The van der Waals surface area contributed by atoms with Gasteiger partial charge in [-0.3, -0.25) is 9.48 Å². The lowest BCUT2D eigenvalue weighted by Gasteiger charge is -2.02. The van der Waals surface area contributed by atoms with Crippen LogP contribution in [-0.2, 0) is 0 Å². The van der Waals surface area contributed by atoms with E-state index < -0.39 is 0 Å². The van der Waals surface area contributed by atoms with Crippen molar-refractivity contribution in [2.24, 2.45) is 0 Å². The zero-order chi connectivity index (χ0) is 17.8. The molecule has 0 aliphatic heterocycles. The second kappa shape index (κ2) is 7.44. The van der Waals surface area contributed by atoms with E-state index in [-0.39, 0.29) is 11.8 Å². The average molecular weight is 353 g/mol. The number of thiazole rings is 1. The third-order valence-corrected chi connectivity index (χ3v) is 4.57. The fourth-order valence-electron chi connectivity index (χ4n) is 2.26. The molecular formula is C19H19N3O2S. The van der Waals surface area contributed by atoms with Gasteiger partial charge < -0.3 is 4.74 Å². The van der Waals surface area contributed by atoms with Crippen molar-refractivity contribution in [2.75, 3.05) is 7.11 Å². The van der Waals surface area contributed by atoms with E-state index in [0.717, 1.165) is 22.0 Å². The van der Waals surface area contributed by atoms with Gasteiger partial charge in [-0.05, 0) is 38.1 Å². The van der Waals surface area contributed by atoms with Crippen molar-refractivity contribution in [3.05, 3.63) is 59.4 Å². The van der Waals surface area contributed by atoms with E-state index in [9.17, 15) is 4.79 Å². The van der Waals surface area contributed by atoms with Gasteiger partial charge in [0.2, 0.25) is 0 Å². The minimum atomic E-state index is -0.0807. The molecule has 0 aliphatic carbocycles. The SMILES string of the molecule is COc1cccc(-c2nc(C=CC(=O)c3cnn(C(C)C)c3)cs2)c1. The minimum absolute atomic E-state index is 0.0807. The third kappa shape index (κ3) is 4.03. The lowest BCUT2D eigenvalue weighted by molar-refractivity contribution is 0.104. The van der Waals surface area contributed by atoms with Crippen molar-refractivity contribution in [1.82, 2.24) is 14.8 Å². The normalized spacial score (nSPS) is 11.4. The maximum absolute atomic E-state index is 12.2. The molecule has 0 bridgehead atoms. The van der Waals surface area contributed by atoms with Gasteiger partial charge >= 0.3 is 0 Å². The predicted octanol–water partition coefficient (Wildman–Crippen LogP) is 4.49. The Kier molecular flexibility index (Phi) is 5.09. The topological polar surface area (TPSA) is 57.0 Å². The molecule has 0 saturated carbocycles. The molecule has 2 aromatic heterocycles. The fraction of sp³-hybridized carbons (Fsp3) is 0.211. The first kappa shape index (κ1) is 17.1. The molecule has 0 fully saturated rings. The second-order valence-corrected chi connectivity index (χ2v) is 6.67. The molecule has 6 heteroatoms. The summed E-state index contributed by atoms with van der Waals surface area (Å²) in [4.78, 5) is 16.8. The molecule has 5 nitrogen and oxygen atoms in total. The van der Waals surface area contributed by atoms with Crippen LogP contribution in [0.4, 0.5) is 0 Å². The number of hydrogen-bond acceptors (Lipinski definition) is 5. The monoisotopic (exact) mass is 353 g/mol. The summed E-state index contributed by atoms with van der Waals surface area (Å²) in [6, 6.07) is 7.99. The van der Waals surface area contributed by atoms with E-state index in [4.69, 9.17) is 4.74 Å². The third-order valence-electron chi connectivity index (χ3n) is 3.66. The number of carbonyl (C=O) groups excluding carboxylic acids is 1. The van der Waals surface area contributed by atoms with E-state index in [1.54, 1.807) is 30.3 Å². The Morgan fingerprint density at radius 2 is 2.20 bits per heavy atom. The van der Waals surface area contributed by atoms with Crippen LogP contribution in [0.25, 0.3) is 16.6 Å². The van der Waals surface area contributed by atoms with Crippen LogP contribution >= 0.6 is 11.3 Å². The number of hydrogen-bond donors (Lipinski definition) is 0. The molecule has 0 N–H and O–H groups in total. The summed E-state index contributed by atoms with van der Waals surface area (Å²) >= 11 is 1.53. The van der Waals surface area contributed by atoms with Crippen molar-refractivity contribution in [2.45, 2.75) is 19.9 Å². The second-order valence-electron chi connectivity index (χ2n) is 5.81. The molecule has 0 saturated heterocycles. The van der Waals surface area contributed by atoms with Gasteiger partial charge in [-0.15, -0.1) is 11.3 Å². The van der Waals surface area contributed by atoms with Gasteiger partial charge in [-0.2, -0.15) is 5.10 Å². The molecule has 3 aromatic rings. The Labute approximate surface area is 150 Å². The van der Waals surface area contributed by atoms with Gasteiger partial charge in [-0.1, -0.05) is 12.1 Å². The Morgan fingerprint density at radius 3 is 2.92 bits per heavy atom. The smallest absolute Gasteiger partial charge is 0.189 e. The molecule has 0 amide bonds. The fourth-order valence-corrected chi connectivity index (χ4v) is 3.04. The molecule has 0 spiro atoms. The van der Waals surface area contributed by atoms with Gasteiger partial charge in [0.05, 0.1) is 24.6 Å². The van der Waals surface area contributed by atoms with Crippen LogP contribution in [0.5, 0.6) is 5.75 Å². The van der Waals surface area contributed by atoms with Crippen LogP contribution in [-0.4, -0.2) is 27.7 Å². The van der Waals surface area contributed by atoms with Gasteiger partial charge in [0.25, 0.3) is 0 Å². The largest absolute Gasteiger partial charge is 0.497 e. The zero-order valence-electron chi connectivity index (χ0n) is 14.3. The number of carbonyl (C=O) groups is 1. The molecule has 3 rings (SSSR count). The molecule has 0 unspecified atom stereocenters. The van der Waals surface area contributed by atoms with Crippen LogP contribution in [0, 0.1) is 0 Å². The average Bonchev–Trinajstić information content (AvgIpc) is 3.29. The molecule has 2 heterocycles. The van der Waals surface area contributed by atoms with Crippen molar-refractivity contribution < 1.29 is 9.53 Å². The highest BCUT2D eigenvalue weighted by atomic mass is 32.1. The number of allylic oxidation sites excluding steroid dienone is 1. The van der Waals surface area contributed by atoms with Crippen LogP contribution in [0.3, 0.4) is 0 Å². The van der Waals surface area contributed by atoms with Crippen molar-refractivity contribution >= 4 is 23.2 Å². The van der Waals surface area contributed by atoms with Crippen molar-refractivity contribution in [3.63, 3.8) is 0 Å². The van der Waals surface area contributed by atoms with E-state index in [2.05, 4.69) is 10.1 Å². The Morgan fingerprint density at radius 1 is 1.36 bits per heavy atom. The summed E-state index contributed by atoms with van der Waals surface area (Å²) in [5.74, 6) is 0.713. The summed E-state index contributed by atoms with van der Waals surface area (Å²) in [7, 11) is 1.64. The molecule has 128 valence electrons. The molecular weight excluding hydrogens is 334 g/mol. The first-order valence-electron chi connectivity index (χ1n) is 7.93. The Bertz CT molecular complexity index is 909. The van der Waals surface area contributed by atoms with E-state index in [1.165, 1.54) is 17.4 Å². The minimum Gasteiger partial charge on any atom is -0.497 e. The first-order chi connectivity index (χ1) is 12.1. The van der Waals surface area contributed by atoms with Gasteiger partial charge in [0.15, 0.2) is 5.78 Å². The van der Waals surface area contributed by atoms with E-state index in [0.29, 0.717) is 5.56 Å². The highest BCUT2D eigenvalue weighted by Crippen LogP contribution is 2.27. The van der Waals surface area contributed by atoms with E-state index in [1.807, 2.05) is 43.5 Å². The maximum atomic E-state index is 12.2. The predicted molar refractivity (Wildman–Crippen MR) is 100 cm³/mol. The number of rotatable bonds is 6. The van der Waals surface area contributed by atoms with Crippen molar-refractivity contribution in [3.8, 4) is 16.3 Å². The Balaban J connectivity index is 1.73. The molecule has 0 atom stereocenters. The highest BCUT2D eigenvalue weighted by molar-refractivity contribution is 7.13. The zero-order valence-corrected chi connectivity index (χ0v) is 15.2. The van der Waals surface area contributed by atoms with Crippen LogP contribution in [0.2, 0.25) is 0 Å². The molecule has 25 heavy (non-hydrogen) atoms. The maximum Gasteiger partial charge on any atom is 0.189 e. The molecule has 1 aromatic carbocycles. The first-order valence-corrected chi connectivity index (χ1v) is 8.81. The summed E-state index contributed by atoms with van der Waals surface area (Å²) in [6.45, 7) is 4.04. The standard InChI is InChI=1S/C19H19N3O2S/c1-13(2)22-11-15(10-20-22)18(23)8-7-16-12-25-19(21-16)14-5-4-6-17(9-14)24-3/h4-13H,1-3H3. The van der Waals surface area contributed by atoms with Crippen LogP contribution < -0.4 is 4.74 Å². The summed E-state index contributed by atoms with van der Waals surface area (Å²) in [5, 5.41) is 7.00. The van der Waals surface area contributed by atoms with Crippen LogP contribution in [0.1, 0.15) is 35.9 Å². The summed E-state index contributed by atoms with van der Waals surface area (Å²) < 4.78 is 7.01. The number of ketones is 1. The quantitative estimate of drug-likeness (QED) is 0.484. The number of benzene rings is 1. The number of nitrogens with zero attached hydrogens (tertiary/aromatic N) is 3. The molecule has 0 aliphatic rings. The summed E-state index contributed by atoms with van der Waals surface area (Å²) in [6.07, 6.45) is 6.62. The van der Waals surface area contributed by atoms with Crippen molar-refractivity contribution in [1.29, 1.82) is 0 Å². The number of ether oxygens (including phenoxy) is 1. The lowest BCUT2D eigenvalue weighted by atomic mass is 10.2. The number of methoxy groups -OCH3 is 1. The highest BCUT2D eigenvalue weighted by Gasteiger charge is 2.08. The van der Waals surface area contributed by atoms with Crippen LogP contribution in [0.15, 0.2) is 48.1 Å². The van der Waals surface area contributed by atoms with Gasteiger partial charge in [0.1, 0.15) is 10.8 Å². The lowest BCUT2D eigenvalue weighted by Crippen LogP contribution is -2.00. The van der Waals surface area contributed by atoms with Gasteiger partial charge in [0, 0.05) is 23.2 Å². The molecule has 0 radical (unpaired) electrons. The summed E-state index contributed by atoms with van der Waals surface area (Å²) in [5.41, 5.74) is 2.33. The number of aromatic nitrogens is 3.